The molecule has 0 saturated carbocycles. The van der Waals surface area contributed by atoms with Crippen molar-refractivity contribution in [2.75, 3.05) is 5.75 Å². The van der Waals surface area contributed by atoms with Gasteiger partial charge in [0.25, 0.3) is 0 Å². The molecule has 6 heavy (non-hydrogen) atoms. The number of thiol groups is 1. The van der Waals surface area contributed by atoms with Gasteiger partial charge in [0, 0.05) is 5.75 Å². The Balaban J connectivity index is 0. The molecule has 33 valence electrons. The quantitative estimate of drug-likeness (QED) is 0.345. The summed E-state index contributed by atoms with van der Waals surface area (Å²) in [6, 6.07) is 0. The number of hydrogen-bond acceptors (Lipinski definition) is 2. The van der Waals surface area contributed by atoms with E-state index in [0.717, 1.165) is 0 Å². The standard InChI is InChI=1S/C2H5O2S.Na.H/c1-2-5(3)4;;/h5H,1-2H2;;. The Morgan fingerprint density at radius 3 is 1.67 bits per heavy atom. The van der Waals surface area contributed by atoms with Gasteiger partial charge in [0.1, 0.15) is 10.7 Å². The fourth-order valence-corrected chi connectivity index (χ4v) is 0. The van der Waals surface area contributed by atoms with Crippen LogP contribution in [0.25, 0.3) is 0 Å². The van der Waals surface area contributed by atoms with Crippen molar-refractivity contribution in [3.8, 4) is 0 Å². The zero-order valence-electron chi connectivity index (χ0n) is 2.68. The summed E-state index contributed by atoms with van der Waals surface area (Å²) < 4.78 is 18.7. The summed E-state index contributed by atoms with van der Waals surface area (Å²) in [5, 5.41) is 0. The first-order valence-corrected chi connectivity index (χ1v) is 2.54. The summed E-state index contributed by atoms with van der Waals surface area (Å²) in [6.45, 7) is 3.09. The third kappa shape index (κ3) is 8.87. The maximum atomic E-state index is 9.34. The fourth-order valence-electron chi connectivity index (χ4n) is 0. The van der Waals surface area contributed by atoms with Crippen LogP contribution >= 0.6 is 0 Å². The molecule has 1 radical (unpaired) electrons. The molecule has 0 aromatic rings. The van der Waals surface area contributed by atoms with Crippen molar-refractivity contribution in [3.63, 3.8) is 0 Å². The monoisotopic (exact) mass is 117 g/mol. The van der Waals surface area contributed by atoms with Gasteiger partial charge in [-0.05, 0) is 6.92 Å². The van der Waals surface area contributed by atoms with Gasteiger partial charge in [0.2, 0.25) is 0 Å². The van der Waals surface area contributed by atoms with Crippen LogP contribution in [0.1, 0.15) is 0 Å². The van der Waals surface area contributed by atoms with Crippen LogP contribution in [0.15, 0.2) is 0 Å². The van der Waals surface area contributed by atoms with Crippen LogP contribution in [0.4, 0.5) is 0 Å². The Hall–Kier alpha value is 0.950. The van der Waals surface area contributed by atoms with Gasteiger partial charge in [0.15, 0.2) is 0 Å². The van der Waals surface area contributed by atoms with E-state index in [4.69, 9.17) is 0 Å². The second-order valence-corrected chi connectivity index (χ2v) is 1.67. The number of rotatable bonds is 1. The first kappa shape index (κ1) is 10.0. The molecule has 0 unspecified atom stereocenters. The predicted octanol–water partition coefficient (Wildman–Crippen LogP) is -1.22. The molecule has 0 N–H and O–H groups in total. The van der Waals surface area contributed by atoms with E-state index in [2.05, 4.69) is 6.92 Å². The van der Waals surface area contributed by atoms with Crippen molar-refractivity contribution >= 4 is 40.3 Å². The van der Waals surface area contributed by atoms with E-state index in [1.807, 2.05) is 0 Å². The number of hydrogen-bond donors (Lipinski definition) is 1. The van der Waals surface area contributed by atoms with Crippen molar-refractivity contribution < 1.29 is 8.42 Å². The van der Waals surface area contributed by atoms with Crippen LogP contribution in [0.5, 0.6) is 0 Å². The Morgan fingerprint density at radius 2 is 1.67 bits per heavy atom. The third-order valence-electron chi connectivity index (χ3n) is 0.183. The molecule has 0 saturated heterocycles. The van der Waals surface area contributed by atoms with Gasteiger partial charge in [0.05, 0.1) is 0 Å². The molecule has 0 aromatic heterocycles. The molecule has 0 aliphatic carbocycles. The maximum absolute atomic E-state index is 9.34. The van der Waals surface area contributed by atoms with Gasteiger partial charge in [-0.15, -0.1) is 0 Å². The van der Waals surface area contributed by atoms with Crippen molar-refractivity contribution in [3.05, 3.63) is 6.92 Å². The molecule has 0 atom stereocenters. The minimum atomic E-state index is -2.21. The zero-order chi connectivity index (χ0) is 4.28. The molecule has 0 heterocycles. The van der Waals surface area contributed by atoms with Crippen LogP contribution in [0, 0.1) is 6.92 Å². The van der Waals surface area contributed by atoms with Gasteiger partial charge in [-0.25, -0.2) is 8.42 Å². The van der Waals surface area contributed by atoms with Gasteiger partial charge >= 0.3 is 29.6 Å². The topological polar surface area (TPSA) is 34.1 Å². The molecular weight excluding hydrogens is 111 g/mol. The molecule has 0 amide bonds. The van der Waals surface area contributed by atoms with Gasteiger partial charge in [-0.1, -0.05) is 0 Å². The Bertz CT molecular complexity index is 69.6. The third-order valence-corrected chi connectivity index (χ3v) is 0.548. The molecule has 0 spiro atoms. The summed E-state index contributed by atoms with van der Waals surface area (Å²) >= 11 is 0. The normalized spacial score (nSPS) is 7.67. The summed E-state index contributed by atoms with van der Waals surface area (Å²) in [5.74, 6) is 0.00926. The second kappa shape index (κ2) is 5.95. The Labute approximate surface area is 61.2 Å². The van der Waals surface area contributed by atoms with E-state index >= 15 is 0 Å². The van der Waals surface area contributed by atoms with Crippen LogP contribution in [0.3, 0.4) is 0 Å². The molecule has 0 rings (SSSR count). The van der Waals surface area contributed by atoms with E-state index in [1.165, 1.54) is 0 Å². The van der Waals surface area contributed by atoms with Crippen LogP contribution < -0.4 is 0 Å². The minimum absolute atomic E-state index is 0. The van der Waals surface area contributed by atoms with Crippen molar-refractivity contribution in [2.24, 2.45) is 0 Å². The van der Waals surface area contributed by atoms with Crippen LogP contribution in [-0.2, 0) is 10.7 Å². The van der Waals surface area contributed by atoms with E-state index in [-0.39, 0.29) is 35.3 Å². The summed E-state index contributed by atoms with van der Waals surface area (Å²) in [7, 11) is -2.21. The Kier molecular flexibility index (Phi) is 9.96. The summed E-state index contributed by atoms with van der Waals surface area (Å²) in [6.07, 6.45) is 0. The van der Waals surface area contributed by atoms with Gasteiger partial charge < -0.3 is 0 Å². The Morgan fingerprint density at radius 1 is 1.50 bits per heavy atom. The summed E-state index contributed by atoms with van der Waals surface area (Å²) in [4.78, 5) is 0. The molecule has 0 aliphatic rings. The summed E-state index contributed by atoms with van der Waals surface area (Å²) in [5.41, 5.74) is 0. The SMILES string of the molecule is [CH2]C[SH](=O)=O.[NaH]. The average molecular weight is 117 g/mol. The predicted molar refractivity (Wildman–Crippen MR) is 27.7 cm³/mol. The van der Waals surface area contributed by atoms with E-state index in [0.29, 0.717) is 0 Å². The molecule has 2 nitrogen and oxygen atoms in total. The van der Waals surface area contributed by atoms with Crippen molar-refractivity contribution in [1.82, 2.24) is 0 Å². The van der Waals surface area contributed by atoms with E-state index in [9.17, 15) is 8.42 Å². The average Bonchev–Trinajstić information content (AvgIpc) is 1.38. The second-order valence-electron chi connectivity index (χ2n) is 0.556. The molecular formula is C2H6NaO2S. The van der Waals surface area contributed by atoms with E-state index < -0.39 is 10.7 Å². The molecule has 0 aliphatic heterocycles. The molecule has 0 bridgehead atoms. The fraction of sp³-hybridized carbons (Fsp3) is 0.500. The van der Waals surface area contributed by atoms with Crippen LogP contribution in [-0.4, -0.2) is 43.7 Å². The van der Waals surface area contributed by atoms with Gasteiger partial charge in [-0.3, -0.25) is 0 Å². The van der Waals surface area contributed by atoms with Crippen LogP contribution in [0.2, 0.25) is 0 Å². The molecule has 0 aromatic carbocycles. The van der Waals surface area contributed by atoms with E-state index in [1.54, 1.807) is 0 Å². The first-order valence-electron chi connectivity index (χ1n) is 1.18. The molecule has 0 fully saturated rings. The van der Waals surface area contributed by atoms with Crippen molar-refractivity contribution in [2.45, 2.75) is 0 Å². The molecule has 4 heteroatoms. The van der Waals surface area contributed by atoms with Crippen molar-refractivity contribution in [1.29, 1.82) is 0 Å². The zero-order valence-corrected chi connectivity index (χ0v) is 3.57. The van der Waals surface area contributed by atoms with Gasteiger partial charge in [-0.2, -0.15) is 0 Å². The first-order chi connectivity index (χ1) is 2.27.